The summed E-state index contributed by atoms with van der Waals surface area (Å²) in [6, 6.07) is 8.47. The van der Waals surface area contributed by atoms with Gasteiger partial charge in [0.2, 0.25) is 0 Å². The SMILES string of the molecule is COc1ccc(CN(C)C(C)CSC)cc1C#N. The molecule has 0 amide bonds. The van der Waals surface area contributed by atoms with Crippen molar-refractivity contribution in [2.45, 2.75) is 19.5 Å². The van der Waals surface area contributed by atoms with Gasteiger partial charge in [-0.1, -0.05) is 6.07 Å². The first-order chi connectivity index (χ1) is 8.62. The predicted molar refractivity (Wildman–Crippen MR) is 77.0 cm³/mol. The Morgan fingerprint density at radius 3 is 2.78 bits per heavy atom. The Bertz CT molecular complexity index is 428. The molecule has 0 N–H and O–H groups in total. The summed E-state index contributed by atoms with van der Waals surface area (Å²) in [7, 11) is 3.69. The van der Waals surface area contributed by atoms with Gasteiger partial charge in [0.05, 0.1) is 12.7 Å². The van der Waals surface area contributed by atoms with Crippen LogP contribution in [-0.4, -0.2) is 37.1 Å². The molecule has 1 aromatic carbocycles. The molecule has 0 aliphatic carbocycles. The molecule has 0 saturated heterocycles. The number of thioether (sulfide) groups is 1. The van der Waals surface area contributed by atoms with Crippen molar-refractivity contribution >= 4 is 11.8 Å². The van der Waals surface area contributed by atoms with E-state index in [2.05, 4.69) is 31.2 Å². The Kier molecular flexibility index (Phi) is 6.03. The first-order valence-corrected chi connectivity index (χ1v) is 7.28. The Labute approximate surface area is 114 Å². The van der Waals surface area contributed by atoms with Crippen LogP contribution in [0.2, 0.25) is 0 Å². The van der Waals surface area contributed by atoms with Gasteiger partial charge in [0.25, 0.3) is 0 Å². The molecule has 1 rings (SSSR count). The summed E-state index contributed by atoms with van der Waals surface area (Å²) in [5.41, 5.74) is 1.74. The molecule has 1 unspecified atom stereocenters. The molecule has 1 atom stereocenters. The van der Waals surface area contributed by atoms with Crippen LogP contribution in [0.3, 0.4) is 0 Å². The fourth-order valence-electron chi connectivity index (χ4n) is 1.75. The second kappa shape index (κ2) is 7.30. The minimum atomic E-state index is 0.521. The normalized spacial score (nSPS) is 12.2. The third-order valence-corrected chi connectivity index (χ3v) is 3.79. The third kappa shape index (κ3) is 3.94. The Morgan fingerprint density at radius 2 is 2.22 bits per heavy atom. The van der Waals surface area contributed by atoms with Gasteiger partial charge in [-0.15, -0.1) is 0 Å². The Morgan fingerprint density at radius 1 is 1.50 bits per heavy atom. The van der Waals surface area contributed by atoms with Crippen LogP contribution in [0.4, 0.5) is 0 Å². The summed E-state index contributed by atoms with van der Waals surface area (Å²) < 4.78 is 5.14. The van der Waals surface area contributed by atoms with Crippen LogP contribution >= 0.6 is 11.8 Å². The molecule has 4 heteroatoms. The molecule has 0 radical (unpaired) electrons. The molecule has 3 nitrogen and oxygen atoms in total. The number of methoxy groups -OCH3 is 1. The largest absolute Gasteiger partial charge is 0.495 e. The number of ether oxygens (including phenoxy) is 1. The molecule has 0 spiro atoms. The molecular weight excluding hydrogens is 244 g/mol. The number of hydrogen-bond acceptors (Lipinski definition) is 4. The Balaban J connectivity index is 2.77. The van der Waals surface area contributed by atoms with E-state index in [0.717, 1.165) is 17.9 Å². The van der Waals surface area contributed by atoms with Gasteiger partial charge < -0.3 is 4.74 Å². The van der Waals surface area contributed by atoms with E-state index in [1.54, 1.807) is 7.11 Å². The van der Waals surface area contributed by atoms with Crippen molar-refractivity contribution in [2.24, 2.45) is 0 Å². The fourth-order valence-corrected chi connectivity index (χ4v) is 2.49. The van der Waals surface area contributed by atoms with Crippen molar-refractivity contribution in [3.63, 3.8) is 0 Å². The number of hydrogen-bond donors (Lipinski definition) is 0. The van der Waals surface area contributed by atoms with Crippen LogP contribution in [0.5, 0.6) is 5.75 Å². The minimum Gasteiger partial charge on any atom is -0.495 e. The molecular formula is C14H20N2OS. The van der Waals surface area contributed by atoms with Gasteiger partial charge >= 0.3 is 0 Å². The van der Waals surface area contributed by atoms with Gasteiger partial charge in [0.1, 0.15) is 11.8 Å². The first kappa shape index (κ1) is 14.9. The van der Waals surface area contributed by atoms with E-state index in [1.807, 2.05) is 30.0 Å². The van der Waals surface area contributed by atoms with Gasteiger partial charge in [-0.05, 0) is 37.9 Å². The lowest BCUT2D eigenvalue weighted by Crippen LogP contribution is -2.30. The zero-order valence-electron chi connectivity index (χ0n) is 11.4. The topological polar surface area (TPSA) is 36.3 Å². The lowest BCUT2D eigenvalue weighted by atomic mass is 10.1. The standard InChI is InChI=1S/C14H20N2OS/c1-11(10-18-4)16(2)9-12-5-6-14(17-3)13(7-12)8-15/h5-7,11H,9-10H2,1-4H3. The van der Waals surface area contributed by atoms with E-state index >= 15 is 0 Å². The smallest absolute Gasteiger partial charge is 0.136 e. The molecule has 0 saturated carbocycles. The minimum absolute atomic E-state index is 0.521. The molecule has 0 heterocycles. The van der Waals surface area contributed by atoms with Crippen LogP contribution in [0.25, 0.3) is 0 Å². The number of nitrogens with zero attached hydrogens (tertiary/aromatic N) is 2. The van der Waals surface area contributed by atoms with Crippen molar-refractivity contribution in [1.82, 2.24) is 4.90 Å². The Hall–Kier alpha value is -1.18. The molecule has 0 aliphatic heterocycles. The molecule has 98 valence electrons. The highest BCUT2D eigenvalue weighted by Gasteiger charge is 2.10. The van der Waals surface area contributed by atoms with Crippen LogP contribution < -0.4 is 4.74 Å². The summed E-state index contributed by atoms with van der Waals surface area (Å²) in [5, 5.41) is 9.05. The molecule has 0 aliphatic rings. The van der Waals surface area contributed by atoms with E-state index in [4.69, 9.17) is 10.00 Å². The van der Waals surface area contributed by atoms with E-state index in [-0.39, 0.29) is 0 Å². The second-order valence-corrected chi connectivity index (χ2v) is 5.28. The molecule has 1 aromatic rings. The highest BCUT2D eigenvalue weighted by atomic mass is 32.2. The summed E-state index contributed by atoms with van der Waals surface area (Å²) in [5.74, 6) is 1.75. The predicted octanol–water partition coefficient (Wildman–Crippen LogP) is 2.75. The number of rotatable bonds is 6. The zero-order valence-corrected chi connectivity index (χ0v) is 12.3. The van der Waals surface area contributed by atoms with Crippen molar-refractivity contribution in [2.75, 3.05) is 26.2 Å². The highest BCUT2D eigenvalue weighted by molar-refractivity contribution is 7.98. The van der Waals surface area contributed by atoms with Crippen LogP contribution in [-0.2, 0) is 6.54 Å². The quantitative estimate of drug-likeness (QED) is 0.791. The maximum Gasteiger partial charge on any atom is 0.136 e. The van der Waals surface area contributed by atoms with Crippen LogP contribution in [0.1, 0.15) is 18.1 Å². The summed E-state index contributed by atoms with van der Waals surface area (Å²) in [6.07, 6.45) is 2.12. The van der Waals surface area contributed by atoms with Crippen molar-refractivity contribution in [1.29, 1.82) is 5.26 Å². The lowest BCUT2D eigenvalue weighted by molar-refractivity contribution is 0.269. The third-order valence-electron chi connectivity index (χ3n) is 2.98. The number of nitriles is 1. The van der Waals surface area contributed by atoms with Gasteiger partial charge in [-0.25, -0.2) is 0 Å². The summed E-state index contributed by atoms with van der Waals surface area (Å²) in [4.78, 5) is 2.29. The molecule has 0 aromatic heterocycles. The maximum absolute atomic E-state index is 9.05. The summed E-state index contributed by atoms with van der Waals surface area (Å²) >= 11 is 1.85. The first-order valence-electron chi connectivity index (χ1n) is 5.88. The molecule has 0 fully saturated rings. The average molecular weight is 264 g/mol. The van der Waals surface area contributed by atoms with E-state index in [0.29, 0.717) is 17.4 Å². The van der Waals surface area contributed by atoms with E-state index < -0.39 is 0 Å². The van der Waals surface area contributed by atoms with Crippen molar-refractivity contribution in [3.05, 3.63) is 29.3 Å². The molecule has 0 bridgehead atoms. The number of benzene rings is 1. The van der Waals surface area contributed by atoms with Crippen molar-refractivity contribution < 1.29 is 4.74 Å². The highest BCUT2D eigenvalue weighted by Crippen LogP contribution is 2.20. The maximum atomic E-state index is 9.05. The molecule has 18 heavy (non-hydrogen) atoms. The lowest BCUT2D eigenvalue weighted by Gasteiger charge is -2.24. The zero-order chi connectivity index (χ0) is 13.5. The van der Waals surface area contributed by atoms with E-state index in [1.165, 1.54) is 0 Å². The average Bonchev–Trinajstić information content (AvgIpc) is 2.38. The summed E-state index contributed by atoms with van der Waals surface area (Å²) in [6.45, 7) is 3.06. The van der Waals surface area contributed by atoms with Gasteiger partial charge in [0.15, 0.2) is 0 Å². The monoisotopic (exact) mass is 264 g/mol. The van der Waals surface area contributed by atoms with Crippen molar-refractivity contribution in [3.8, 4) is 11.8 Å². The van der Waals surface area contributed by atoms with Gasteiger partial charge in [0, 0.05) is 18.3 Å². The van der Waals surface area contributed by atoms with Crippen LogP contribution in [0.15, 0.2) is 18.2 Å². The van der Waals surface area contributed by atoms with Gasteiger partial charge in [-0.3, -0.25) is 4.90 Å². The van der Waals surface area contributed by atoms with Gasteiger partial charge in [-0.2, -0.15) is 17.0 Å². The fraction of sp³-hybridized carbons (Fsp3) is 0.500. The van der Waals surface area contributed by atoms with Crippen LogP contribution in [0, 0.1) is 11.3 Å². The van der Waals surface area contributed by atoms with E-state index in [9.17, 15) is 0 Å². The second-order valence-electron chi connectivity index (χ2n) is 4.37.